The third kappa shape index (κ3) is 3.31. The van der Waals surface area contributed by atoms with E-state index in [1.165, 1.54) is 0 Å². The van der Waals surface area contributed by atoms with Crippen molar-refractivity contribution in [1.82, 2.24) is 20.2 Å². The quantitative estimate of drug-likeness (QED) is 0.689. The molecule has 3 heterocycles. The lowest BCUT2D eigenvalue weighted by atomic mass is 9.91. The van der Waals surface area contributed by atoms with Crippen LogP contribution in [-0.4, -0.2) is 45.9 Å². The van der Waals surface area contributed by atoms with Crippen LogP contribution in [0.1, 0.15) is 19.8 Å². The number of methoxy groups -OCH3 is 1. The second-order valence-electron chi connectivity index (χ2n) is 7.07. The molecule has 1 fully saturated rings. The number of nitrogens with zero attached hydrogens (tertiary/aromatic N) is 4. The van der Waals surface area contributed by atoms with Gasteiger partial charge in [0.1, 0.15) is 5.39 Å². The average molecular weight is 407 g/mol. The van der Waals surface area contributed by atoms with E-state index < -0.39 is 0 Å². The molecule has 0 unspecified atom stereocenters. The molecule has 2 aromatic heterocycles. The number of anilines is 1. The summed E-state index contributed by atoms with van der Waals surface area (Å²) in [6.07, 6.45) is 1.75. The molecule has 0 radical (unpaired) electrons. The molecule has 0 bridgehead atoms. The van der Waals surface area contributed by atoms with E-state index in [0.29, 0.717) is 38.6 Å². The Morgan fingerprint density at radius 1 is 1.22 bits per heavy atom. The fraction of sp³-hybridized carbons (Fsp3) is 0.389. The van der Waals surface area contributed by atoms with Gasteiger partial charge in [0.25, 0.3) is 0 Å². The molecule has 3 N–H and O–H groups in total. The lowest BCUT2D eigenvalue weighted by Crippen LogP contribution is -2.48. The number of hydrogen-bond acceptors (Lipinski definition) is 6. The van der Waals surface area contributed by atoms with Crippen molar-refractivity contribution in [3.63, 3.8) is 0 Å². The van der Waals surface area contributed by atoms with Gasteiger partial charge in [-0.1, -0.05) is 35.3 Å². The molecule has 1 aromatic carbocycles. The van der Waals surface area contributed by atoms with Gasteiger partial charge in [0, 0.05) is 24.2 Å². The molecule has 0 saturated carbocycles. The number of benzene rings is 1. The zero-order valence-electron chi connectivity index (χ0n) is 15.1. The first-order valence-electron chi connectivity index (χ1n) is 8.68. The number of H-pyrrole nitrogens is 1. The number of piperidine rings is 1. The first-order valence-corrected chi connectivity index (χ1v) is 9.43. The number of hydrogen-bond donors (Lipinski definition) is 2. The molecule has 1 saturated heterocycles. The monoisotopic (exact) mass is 406 g/mol. The fourth-order valence-corrected chi connectivity index (χ4v) is 3.68. The predicted molar refractivity (Wildman–Crippen MR) is 108 cm³/mol. The molecule has 142 valence electrons. The number of aromatic nitrogens is 4. The van der Waals surface area contributed by atoms with Crippen LogP contribution >= 0.6 is 23.2 Å². The normalized spacial score (nSPS) is 16.7. The SMILES string of the molecule is COc1nc(N2CCC(C)(N)CC2)nc2n[nH]c(-c3cccc(Cl)c3Cl)c12. The zero-order chi connectivity index (χ0) is 19.2. The summed E-state index contributed by atoms with van der Waals surface area (Å²) in [4.78, 5) is 11.4. The predicted octanol–water partition coefficient (Wildman–Crippen LogP) is 3.65. The largest absolute Gasteiger partial charge is 0.480 e. The van der Waals surface area contributed by atoms with Gasteiger partial charge in [0.2, 0.25) is 11.8 Å². The van der Waals surface area contributed by atoms with Gasteiger partial charge in [0.15, 0.2) is 5.65 Å². The van der Waals surface area contributed by atoms with Crippen LogP contribution in [0.2, 0.25) is 10.0 Å². The van der Waals surface area contributed by atoms with Crippen LogP contribution in [0.5, 0.6) is 5.88 Å². The summed E-state index contributed by atoms with van der Waals surface area (Å²) in [6.45, 7) is 3.65. The average Bonchev–Trinajstić information content (AvgIpc) is 3.07. The second-order valence-corrected chi connectivity index (χ2v) is 7.86. The summed E-state index contributed by atoms with van der Waals surface area (Å²) in [6, 6.07) is 5.43. The van der Waals surface area contributed by atoms with Crippen molar-refractivity contribution in [2.24, 2.45) is 5.73 Å². The summed E-state index contributed by atoms with van der Waals surface area (Å²) in [7, 11) is 1.58. The molecular formula is C18H20Cl2N6O. The molecule has 1 aliphatic heterocycles. The van der Waals surface area contributed by atoms with E-state index in [2.05, 4.69) is 32.0 Å². The minimum Gasteiger partial charge on any atom is -0.480 e. The molecule has 0 amide bonds. The smallest absolute Gasteiger partial charge is 0.230 e. The maximum atomic E-state index is 6.38. The summed E-state index contributed by atoms with van der Waals surface area (Å²) < 4.78 is 5.55. The standard InChI is InChI=1S/C18H20Cl2N6O/c1-18(21)6-8-26(9-7-18)17-22-15-12(16(23-17)27-2)14(24-25-15)10-4-3-5-11(19)13(10)20/h3-5H,6-9,21H2,1-2H3,(H,22,23,24,25). The van der Waals surface area contributed by atoms with E-state index in [1.807, 2.05) is 12.1 Å². The highest BCUT2D eigenvalue weighted by Gasteiger charge is 2.28. The first-order chi connectivity index (χ1) is 12.9. The van der Waals surface area contributed by atoms with E-state index in [9.17, 15) is 0 Å². The Morgan fingerprint density at radius 3 is 2.67 bits per heavy atom. The molecule has 9 heteroatoms. The van der Waals surface area contributed by atoms with Crippen molar-refractivity contribution in [1.29, 1.82) is 0 Å². The topological polar surface area (TPSA) is 92.9 Å². The van der Waals surface area contributed by atoms with Gasteiger partial charge < -0.3 is 15.4 Å². The first kappa shape index (κ1) is 18.3. The van der Waals surface area contributed by atoms with Crippen molar-refractivity contribution in [3.8, 4) is 17.1 Å². The minimum absolute atomic E-state index is 0.145. The summed E-state index contributed by atoms with van der Waals surface area (Å²) >= 11 is 12.5. The van der Waals surface area contributed by atoms with E-state index in [-0.39, 0.29) is 5.54 Å². The second kappa shape index (κ2) is 6.82. The number of rotatable bonds is 3. The van der Waals surface area contributed by atoms with Gasteiger partial charge in [0.05, 0.1) is 22.8 Å². The third-order valence-electron chi connectivity index (χ3n) is 4.97. The number of fused-ring (bicyclic) bond motifs is 1. The summed E-state index contributed by atoms with van der Waals surface area (Å²) in [5, 5.41) is 8.93. The Morgan fingerprint density at radius 2 is 1.96 bits per heavy atom. The van der Waals surface area contributed by atoms with Gasteiger partial charge in [-0.25, -0.2) is 0 Å². The maximum absolute atomic E-state index is 6.38. The highest BCUT2D eigenvalue weighted by Crippen LogP contribution is 2.39. The Balaban J connectivity index is 1.79. The van der Waals surface area contributed by atoms with Crippen LogP contribution in [0.4, 0.5) is 5.95 Å². The lowest BCUT2D eigenvalue weighted by Gasteiger charge is -2.36. The van der Waals surface area contributed by atoms with Gasteiger partial charge in [-0.05, 0) is 25.8 Å². The van der Waals surface area contributed by atoms with Crippen LogP contribution in [0, 0.1) is 0 Å². The van der Waals surface area contributed by atoms with Crippen molar-refractivity contribution in [3.05, 3.63) is 28.2 Å². The van der Waals surface area contributed by atoms with Crippen LogP contribution in [0.15, 0.2) is 18.2 Å². The highest BCUT2D eigenvalue weighted by atomic mass is 35.5. The molecule has 0 atom stereocenters. The van der Waals surface area contributed by atoms with Gasteiger partial charge in [-0.15, -0.1) is 0 Å². The van der Waals surface area contributed by atoms with Gasteiger partial charge in [-0.2, -0.15) is 15.1 Å². The molecule has 0 aliphatic carbocycles. The Bertz CT molecular complexity index is 993. The van der Waals surface area contributed by atoms with E-state index in [0.717, 1.165) is 31.5 Å². The summed E-state index contributed by atoms with van der Waals surface area (Å²) in [5.74, 6) is 1.03. The molecular weight excluding hydrogens is 387 g/mol. The van der Waals surface area contributed by atoms with Crippen LogP contribution in [-0.2, 0) is 0 Å². The fourth-order valence-electron chi connectivity index (χ4n) is 3.28. The maximum Gasteiger partial charge on any atom is 0.230 e. The van der Waals surface area contributed by atoms with Gasteiger partial charge in [-0.3, -0.25) is 5.10 Å². The molecule has 0 spiro atoms. The Hall–Kier alpha value is -2.09. The van der Waals surface area contributed by atoms with Crippen molar-refractivity contribution in [2.75, 3.05) is 25.1 Å². The van der Waals surface area contributed by atoms with Gasteiger partial charge >= 0.3 is 0 Å². The van der Waals surface area contributed by atoms with Crippen LogP contribution < -0.4 is 15.4 Å². The van der Waals surface area contributed by atoms with Crippen LogP contribution in [0.3, 0.4) is 0 Å². The molecule has 4 rings (SSSR count). The minimum atomic E-state index is -0.145. The number of nitrogens with one attached hydrogen (secondary N) is 1. The molecule has 1 aliphatic rings. The molecule has 7 nitrogen and oxygen atoms in total. The number of nitrogens with two attached hydrogens (primary N) is 1. The highest BCUT2D eigenvalue weighted by molar-refractivity contribution is 6.43. The third-order valence-corrected chi connectivity index (χ3v) is 5.79. The van der Waals surface area contributed by atoms with E-state index in [1.54, 1.807) is 13.2 Å². The van der Waals surface area contributed by atoms with Crippen molar-refractivity contribution < 1.29 is 4.74 Å². The molecule has 3 aromatic rings. The summed E-state index contributed by atoms with van der Waals surface area (Å²) in [5.41, 5.74) is 7.99. The Labute approximate surface area is 166 Å². The van der Waals surface area contributed by atoms with Crippen molar-refractivity contribution >= 4 is 40.2 Å². The van der Waals surface area contributed by atoms with E-state index >= 15 is 0 Å². The van der Waals surface area contributed by atoms with Crippen LogP contribution in [0.25, 0.3) is 22.3 Å². The number of halogens is 2. The lowest BCUT2D eigenvalue weighted by molar-refractivity contribution is 0.360. The molecule has 27 heavy (non-hydrogen) atoms. The Kier molecular flexibility index (Phi) is 4.61. The van der Waals surface area contributed by atoms with E-state index in [4.69, 9.17) is 33.7 Å². The zero-order valence-corrected chi connectivity index (χ0v) is 16.6. The number of aromatic amines is 1. The number of ether oxygens (including phenoxy) is 1. The van der Waals surface area contributed by atoms with Crippen molar-refractivity contribution in [2.45, 2.75) is 25.3 Å².